The van der Waals surface area contributed by atoms with Crippen LogP contribution >= 0.6 is 0 Å². The first-order valence-electron chi connectivity index (χ1n) is 5.90. The zero-order valence-corrected chi connectivity index (χ0v) is 9.99. The summed E-state index contributed by atoms with van der Waals surface area (Å²) < 4.78 is 5.66. The fourth-order valence-corrected chi connectivity index (χ4v) is 2.00. The Morgan fingerprint density at radius 3 is 2.50 bits per heavy atom. The van der Waals surface area contributed by atoms with Crippen LogP contribution in [0.15, 0.2) is 6.07 Å². The van der Waals surface area contributed by atoms with Gasteiger partial charge in [-0.25, -0.2) is 9.97 Å². The van der Waals surface area contributed by atoms with Gasteiger partial charge in [-0.3, -0.25) is 0 Å². The Morgan fingerprint density at radius 1 is 1.25 bits per heavy atom. The van der Waals surface area contributed by atoms with Crippen molar-refractivity contribution >= 4 is 0 Å². The Kier molecular flexibility index (Phi) is 3.72. The summed E-state index contributed by atoms with van der Waals surface area (Å²) in [5.74, 6) is 0.644. The highest BCUT2D eigenvalue weighted by Crippen LogP contribution is 2.13. The number of rotatable bonds is 3. The summed E-state index contributed by atoms with van der Waals surface area (Å²) in [7, 11) is 0. The maximum absolute atomic E-state index is 5.66. The van der Waals surface area contributed by atoms with Gasteiger partial charge in [0.25, 0.3) is 0 Å². The fourth-order valence-electron chi connectivity index (χ4n) is 2.00. The lowest BCUT2D eigenvalue weighted by atomic mass is 9.99. The summed E-state index contributed by atoms with van der Waals surface area (Å²) in [6, 6.07) is 2.48. The van der Waals surface area contributed by atoms with Gasteiger partial charge in [-0.1, -0.05) is 0 Å². The van der Waals surface area contributed by atoms with Gasteiger partial charge in [-0.15, -0.1) is 0 Å². The molecule has 2 heterocycles. The molecule has 0 aromatic carbocycles. The molecule has 1 aliphatic heterocycles. The highest BCUT2D eigenvalue weighted by Gasteiger charge is 2.14. The van der Waals surface area contributed by atoms with Crippen LogP contribution in [0.2, 0.25) is 0 Å². The predicted molar refractivity (Wildman–Crippen MR) is 62.6 cm³/mol. The lowest BCUT2D eigenvalue weighted by molar-refractivity contribution is 0.201. The molecule has 1 aromatic rings. The van der Waals surface area contributed by atoms with E-state index >= 15 is 0 Å². The van der Waals surface area contributed by atoms with E-state index in [9.17, 15) is 0 Å². The largest absolute Gasteiger partial charge is 0.463 e. The van der Waals surface area contributed by atoms with Crippen molar-refractivity contribution in [1.82, 2.24) is 15.3 Å². The van der Waals surface area contributed by atoms with Gasteiger partial charge >= 0.3 is 6.01 Å². The van der Waals surface area contributed by atoms with Crippen LogP contribution in [0.25, 0.3) is 0 Å². The number of nitrogens with zero attached hydrogens (tertiary/aromatic N) is 2. The molecule has 4 heteroatoms. The first-order valence-corrected chi connectivity index (χ1v) is 5.90. The van der Waals surface area contributed by atoms with Crippen molar-refractivity contribution < 1.29 is 4.74 Å². The summed E-state index contributed by atoms with van der Waals surface area (Å²) in [6.45, 7) is 6.87. The zero-order chi connectivity index (χ0) is 11.4. The van der Waals surface area contributed by atoms with Crippen molar-refractivity contribution in [2.24, 2.45) is 5.92 Å². The van der Waals surface area contributed by atoms with E-state index in [4.69, 9.17) is 4.74 Å². The monoisotopic (exact) mass is 221 g/mol. The average Bonchev–Trinajstić information content (AvgIpc) is 2.27. The molecular weight excluding hydrogens is 202 g/mol. The average molecular weight is 221 g/mol. The van der Waals surface area contributed by atoms with Gasteiger partial charge in [-0.05, 0) is 51.8 Å². The molecule has 0 amide bonds. The normalized spacial score (nSPS) is 17.4. The van der Waals surface area contributed by atoms with E-state index in [1.54, 1.807) is 0 Å². The second-order valence-corrected chi connectivity index (χ2v) is 4.44. The van der Waals surface area contributed by atoms with Crippen LogP contribution in [0.5, 0.6) is 6.01 Å². The van der Waals surface area contributed by atoms with E-state index in [-0.39, 0.29) is 0 Å². The van der Waals surface area contributed by atoms with Crippen LogP contribution in [0.1, 0.15) is 24.2 Å². The molecule has 0 spiro atoms. The Bertz CT molecular complexity index is 328. The Labute approximate surface area is 96.4 Å². The predicted octanol–water partition coefficient (Wildman–Crippen LogP) is 1.47. The Morgan fingerprint density at radius 2 is 1.88 bits per heavy atom. The highest BCUT2D eigenvalue weighted by molar-refractivity contribution is 5.10. The molecule has 0 unspecified atom stereocenters. The first kappa shape index (κ1) is 11.3. The summed E-state index contributed by atoms with van der Waals surface area (Å²) in [4.78, 5) is 8.54. The van der Waals surface area contributed by atoms with Crippen molar-refractivity contribution in [3.63, 3.8) is 0 Å². The molecule has 1 saturated heterocycles. The molecular formula is C12H19N3O. The van der Waals surface area contributed by atoms with E-state index in [1.165, 1.54) is 12.8 Å². The van der Waals surface area contributed by atoms with Crippen LogP contribution in [0, 0.1) is 19.8 Å². The highest BCUT2D eigenvalue weighted by atomic mass is 16.5. The number of piperidine rings is 1. The van der Waals surface area contributed by atoms with Gasteiger partial charge in [0, 0.05) is 11.4 Å². The summed E-state index contributed by atoms with van der Waals surface area (Å²) in [5, 5.41) is 3.34. The van der Waals surface area contributed by atoms with E-state index in [0.29, 0.717) is 11.9 Å². The first-order chi connectivity index (χ1) is 7.74. The lowest BCUT2D eigenvalue weighted by Gasteiger charge is -2.22. The molecule has 0 bridgehead atoms. The molecule has 4 nitrogen and oxygen atoms in total. The third-order valence-corrected chi connectivity index (χ3v) is 2.87. The molecule has 2 rings (SSSR count). The molecule has 1 aliphatic rings. The molecule has 0 saturated carbocycles. The third-order valence-electron chi connectivity index (χ3n) is 2.87. The van der Waals surface area contributed by atoms with Crippen molar-refractivity contribution in [3.05, 3.63) is 17.5 Å². The molecule has 0 radical (unpaired) electrons. The van der Waals surface area contributed by atoms with Crippen molar-refractivity contribution in [3.8, 4) is 6.01 Å². The third kappa shape index (κ3) is 3.17. The van der Waals surface area contributed by atoms with E-state index < -0.39 is 0 Å². The summed E-state index contributed by atoms with van der Waals surface area (Å²) in [5.41, 5.74) is 1.93. The smallest absolute Gasteiger partial charge is 0.316 e. The number of aryl methyl sites for hydroxylation is 2. The quantitative estimate of drug-likeness (QED) is 0.839. The van der Waals surface area contributed by atoms with E-state index in [2.05, 4.69) is 15.3 Å². The van der Waals surface area contributed by atoms with Gasteiger partial charge in [-0.2, -0.15) is 0 Å². The maximum atomic E-state index is 5.66. The summed E-state index contributed by atoms with van der Waals surface area (Å²) in [6.07, 6.45) is 2.37. The topological polar surface area (TPSA) is 47.0 Å². The van der Waals surface area contributed by atoms with E-state index in [0.717, 1.165) is 31.1 Å². The minimum absolute atomic E-state index is 0.524. The SMILES string of the molecule is Cc1cc(C)nc(OCC2CCNCC2)n1. The van der Waals surface area contributed by atoms with E-state index in [1.807, 2.05) is 19.9 Å². The number of hydrogen-bond acceptors (Lipinski definition) is 4. The van der Waals surface area contributed by atoms with Gasteiger partial charge in [0.2, 0.25) is 0 Å². The Balaban J connectivity index is 1.88. The van der Waals surface area contributed by atoms with Crippen LogP contribution < -0.4 is 10.1 Å². The lowest BCUT2D eigenvalue weighted by Crippen LogP contribution is -2.30. The van der Waals surface area contributed by atoms with Crippen molar-refractivity contribution in [2.75, 3.05) is 19.7 Å². The second-order valence-electron chi connectivity index (χ2n) is 4.44. The summed E-state index contributed by atoms with van der Waals surface area (Å²) >= 11 is 0. The molecule has 1 aromatic heterocycles. The molecule has 88 valence electrons. The fraction of sp³-hybridized carbons (Fsp3) is 0.667. The van der Waals surface area contributed by atoms with Crippen LogP contribution in [-0.2, 0) is 0 Å². The Hall–Kier alpha value is -1.16. The number of nitrogens with one attached hydrogen (secondary N) is 1. The molecule has 1 N–H and O–H groups in total. The number of ether oxygens (including phenoxy) is 1. The number of aromatic nitrogens is 2. The van der Waals surface area contributed by atoms with Crippen LogP contribution in [0.3, 0.4) is 0 Å². The zero-order valence-electron chi connectivity index (χ0n) is 9.99. The standard InChI is InChI=1S/C12H19N3O/c1-9-7-10(2)15-12(14-9)16-8-11-3-5-13-6-4-11/h7,11,13H,3-6,8H2,1-2H3. The van der Waals surface area contributed by atoms with Gasteiger partial charge in [0.1, 0.15) is 0 Å². The number of hydrogen-bond donors (Lipinski definition) is 1. The second kappa shape index (κ2) is 5.25. The van der Waals surface area contributed by atoms with Gasteiger partial charge < -0.3 is 10.1 Å². The van der Waals surface area contributed by atoms with Crippen LogP contribution in [0.4, 0.5) is 0 Å². The minimum Gasteiger partial charge on any atom is -0.463 e. The van der Waals surface area contributed by atoms with Gasteiger partial charge in [0.15, 0.2) is 0 Å². The molecule has 16 heavy (non-hydrogen) atoms. The molecule has 1 fully saturated rings. The minimum atomic E-state index is 0.524. The van der Waals surface area contributed by atoms with Gasteiger partial charge in [0.05, 0.1) is 6.61 Å². The van der Waals surface area contributed by atoms with Crippen molar-refractivity contribution in [1.29, 1.82) is 0 Å². The molecule has 0 atom stereocenters. The van der Waals surface area contributed by atoms with Crippen LogP contribution in [-0.4, -0.2) is 29.7 Å². The van der Waals surface area contributed by atoms with Crippen molar-refractivity contribution in [2.45, 2.75) is 26.7 Å². The maximum Gasteiger partial charge on any atom is 0.316 e. The molecule has 0 aliphatic carbocycles.